The first kappa shape index (κ1) is 17.5. The van der Waals surface area contributed by atoms with Gasteiger partial charge in [0.2, 0.25) is 0 Å². The van der Waals surface area contributed by atoms with Gasteiger partial charge in [0.1, 0.15) is 5.76 Å². The molecule has 0 atom stereocenters. The molecule has 0 bridgehead atoms. The van der Waals surface area contributed by atoms with Gasteiger partial charge in [-0.2, -0.15) is 0 Å². The van der Waals surface area contributed by atoms with Crippen LogP contribution in [0.5, 0.6) is 0 Å². The van der Waals surface area contributed by atoms with Crippen LogP contribution in [0.25, 0.3) is 0 Å². The number of carbonyl (C=O) groups excluding carboxylic acids is 2. The molecule has 2 heterocycles. The van der Waals surface area contributed by atoms with E-state index in [1.54, 1.807) is 17.0 Å². The van der Waals surface area contributed by atoms with Crippen LogP contribution in [0.15, 0.2) is 22.7 Å². The van der Waals surface area contributed by atoms with Gasteiger partial charge in [-0.1, -0.05) is 28.4 Å². The molecular weight excluding hydrogens is 371 g/mol. The summed E-state index contributed by atoms with van der Waals surface area (Å²) < 4.78 is 4.96. The number of hydrogen-bond acceptors (Lipinski definition) is 5. The molecule has 0 radical (unpaired) electrons. The van der Waals surface area contributed by atoms with E-state index in [1.807, 2.05) is 0 Å². The van der Waals surface area contributed by atoms with Crippen molar-refractivity contribution in [1.82, 2.24) is 16.0 Å². The van der Waals surface area contributed by atoms with E-state index >= 15 is 0 Å². The van der Waals surface area contributed by atoms with Crippen molar-refractivity contribution >= 4 is 40.8 Å². The van der Waals surface area contributed by atoms with Crippen molar-refractivity contribution in [2.75, 3.05) is 18.0 Å². The minimum Gasteiger partial charge on any atom is -0.361 e. The van der Waals surface area contributed by atoms with Gasteiger partial charge in [-0.05, 0) is 24.1 Å². The van der Waals surface area contributed by atoms with E-state index < -0.39 is 5.91 Å². The molecule has 0 spiro atoms. The third kappa shape index (κ3) is 3.55. The van der Waals surface area contributed by atoms with Gasteiger partial charge in [-0.3, -0.25) is 14.9 Å². The summed E-state index contributed by atoms with van der Waals surface area (Å²) in [5, 5.41) is 15.8. The average molecular weight is 385 g/mol. The predicted molar refractivity (Wildman–Crippen MR) is 90.4 cm³/mol. The number of halogens is 2. The molecule has 0 aliphatic carbocycles. The summed E-state index contributed by atoms with van der Waals surface area (Å²) in [4.78, 5) is 25.1. The third-order valence-electron chi connectivity index (χ3n) is 3.83. The van der Waals surface area contributed by atoms with Crippen LogP contribution in [0, 0.1) is 0 Å². The Hall–Kier alpha value is -2.29. The van der Waals surface area contributed by atoms with Crippen molar-refractivity contribution in [2.24, 2.45) is 0 Å². The van der Waals surface area contributed by atoms with E-state index in [0.29, 0.717) is 41.7 Å². The zero-order chi connectivity index (χ0) is 18.0. The van der Waals surface area contributed by atoms with Gasteiger partial charge < -0.3 is 9.84 Å². The number of nitrogens with one attached hydrogen (secondary N) is 2. The fourth-order valence-corrected chi connectivity index (χ4v) is 3.04. The summed E-state index contributed by atoms with van der Waals surface area (Å²) in [6, 6.07) is 4.57. The highest BCUT2D eigenvalue weighted by atomic mass is 35.5. The van der Waals surface area contributed by atoms with Gasteiger partial charge in [0.05, 0.1) is 15.7 Å². The van der Waals surface area contributed by atoms with Crippen molar-refractivity contribution in [3.8, 4) is 0 Å². The van der Waals surface area contributed by atoms with Crippen molar-refractivity contribution in [2.45, 2.75) is 12.8 Å². The number of fused-ring (bicyclic) bond motifs is 1. The van der Waals surface area contributed by atoms with Gasteiger partial charge in [0.25, 0.3) is 5.91 Å². The molecule has 0 saturated heterocycles. The highest BCUT2D eigenvalue weighted by Gasteiger charge is 2.27. The molecule has 3 N–H and O–H groups in total. The van der Waals surface area contributed by atoms with Crippen molar-refractivity contribution in [3.05, 3.63) is 45.3 Å². The molecule has 1 aliphatic heterocycles. The van der Waals surface area contributed by atoms with E-state index in [9.17, 15) is 9.59 Å². The summed E-state index contributed by atoms with van der Waals surface area (Å²) >= 11 is 12.2. The van der Waals surface area contributed by atoms with Crippen molar-refractivity contribution < 1.29 is 19.3 Å². The van der Waals surface area contributed by atoms with E-state index in [-0.39, 0.29) is 11.7 Å². The zero-order valence-electron chi connectivity index (χ0n) is 12.9. The minimum atomic E-state index is -0.761. The van der Waals surface area contributed by atoms with E-state index in [0.717, 1.165) is 11.3 Å². The van der Waals surface area contributed by atoms with Crippen LogP contribution in [0.1, 0.15) is 21.8 Å². The van der Waals surface area contributed by atoms with Gasteiger partial charge in [-0.15, -0.1) is 0 Å². The second-order valence-corrected chi connectivity index (χ2v) is 6.15. The lowest BCUT2D eigenvalue weighted by Gasteiger charge is -2.18. The Morgan fingerprint density at radius 1 is 1.36 bits per heavy atom. The van der Waals surface area contributed by atoms with Crippen LogP contribution in [0.2, 0.25) is 10.0 Å². The summed E-state index contributed by atoms with van der Waals surface area (Å²) in [6.07, 6.45) is 0.989. The largest absolute Gasteiger partial charge is 0.361 e. The smallest absolute Gasteiger partial charge is 0.321 e. The van der Waals surface area contributed by atoms with Crippen molar-refractivity contribution in [1.29, 1.82) is 0 Å². The van der Waals surface area contributed by atoms with Crippen LogP contribution in [0.3, 0.4) is 0 Å². The van der Waals surface area contributed by atoms with Crippen LogP contribution in [-0.2, 0) is 12.8 Å². The SMILES string of the molecule is O=C(NO)c1cc(CCNC(=O)N2CCc3c2ccc(Cl)c3Cl)on1. The number of carbonyl (C=O) groups is 2. The maximum absolute atomic E-state index is 12.3. The van der Waals surface area contributed by atoms with Gasteiger partial charge >= 0.3 is 6.03 Å². The molecule has 1 aromatic heterocycles. The normalized spacial score (nSPS) is 12.8. The standard InChI is InChI=1S/C15H14Cl2N4O4/c16-10-1-2-12-9(13(10)17)4-6-21(12)15(23)18-5-3-8-7-11(20-25-8)14(22)19-24/h1-2,7,24H,3-6H2,(H,18,23)(H,19,22). The first-order chi connectivity index (χ1) is 12.0. The Morgan fingerprint density at radius 3 is 2.92 bits per heavy atom. The maximum Gasteiger partial charge on any atom is 0.321 e. The second-order valence-electron chi connectivity index (χ2n) is 5.36. The molecule has 1 aromatic carbocycles. The van der Waals surface area contributed by atoms with Crippen LogP contribution in [-0.4, -0.2) is 35.4 Å². The summed E-state index contributed by atoms with van der Waals surface area (Å²) in [7, 11) is 0. The van der Waals surface area contributed by atoms with Crippen molar-refractivity contribution in [3.63, 3.8) is 0 Å². The van der Waals surface area contributed by atoms with Gasteiger partial charge in [0, 0.05) is 25.6 Å². The van der Waals surface area contributed by atoms with E-state index in [4.69, 9.17) is 32.9 Å². The number of amides is 3. The quantitative estimate of drug-likeness (QED) is 0.554. The van der Waals surface area contributed by atoms with Gasteiger partial charge in [-0.25, -0.2) is 10.3 Å². The summed E-state index contributed by atoms with van der Waals surface area (Å²) in [5.41, 5.74) is 3.03. The Kier molecular flexibility index (Phi) is 5.12. The molecule has 3 amide bonds. The summed E-state index contributed by atoms with van der Waals surface area (Å²) in [6.45, 7) is 0.811. The lowest BCUT2D eigenvalue weighted by Crippen LogP contribution is -2.39. The number of urea groups is 1. The van der Waals surface area contributed by atoms with E-state index in [1.165, 1.54) is 11.5 Å². The lowest BCUT2D eigenvalue weighted by atomic mass is 10.2. The number of anilines is 1. The number of aromatic nitrogens is 1. The molecule has 25 heavy (non-hydrogen) atoms. The predicted octanol–water partition coefficient (Wildman–Crippen LogP) is 2.42. The summed E-state index contributed by atoms with van der Waals surface area (Å²) in [5.74, 6) is -0.348. The lowest BCUT2D eigenvalue weighted by molar-refractivity contribution is 0.0696. The molecule has 0 saturated carbocycles. The number of nitrogens with zero attached hydrogens (tertiary/aromatic N) is 2. The molecule has 2 aromatic rings. The topological polar surface area (TPSA) is 108 Å². The first-order valence-corrected chi connectivity index (χ1v) is 8.19. The third-order valence-corrected chi connectivity index (χ3v) is 4.68. The molecule has 1 aliphatic rings. The Balaban J connectivity index is 1.57. The second kappa shape index (κ2) is 7.30. The Labute approximate surface area is 152 Å². The molecule has 8 nitrogen and oxygen atoms in total. The first-order valence-electron chi connectivity index (χ1n) is 7.43. The molecule has 0 unspecified atom stereocenters. The fourth-order valence-electron chi connectivity index (χ4n) is 2.61. The number of rotatable bonds is 4. The average Bonchev–Trinajstić information content (AvgIpc) is 3.24. The Bertz CT molecular complexity index is 824. The number of benzene rings is 1. The van der Waals surface area contributed by atoms with E-state index in [2.05, 4.69) is 10.5 Å². The van der Waals surface area contributed by atoms with Crippen LogP contribution >= 0.6 is 23.2 Å². The monoisotopic (exact) mass is 384 g/mol. The molecular formula is C15H14Cl2N4O4. The maximum atomic E-state index is 12.3. The number of hydroxylamine groups is 1. The number of hydrogen-bond donors (Lipinski definition) is 3. The Morgan fingerprint density at radius 2 is 2.16 bits per heavy atom. The molecule has 10 heteroatoms. The highest BCUT2D eigenvalue weighted by Crippen LogP contribution is 2.37. The van der Waals surface area contributed by atoms with Crippen LogP contribution < -0.4 is 15.7 Å². The van der Waals surface area contributed by atoms with Gasteiger partial charge in [0.15, 0.2) is 5.69 Å². The minimum absolute atomic E-state index is 0.0381. The molecule has 132 valence electrons. The molecule has 0 fully saturated rings. The molecule has 3 rings (SSSR count). The fraction of sp³-hybridized carbons (Fsp3) is 0.267. The zero-order valence-corrected chi connectivity index (χ0v) is 14.4. The van der Waals surface area contributed by atoms with Crippen LogP contribution in [0.4, 0.5) is 10.5 Å². The highest BCUT2D eigenvalue weighted by molar-refractivity contribution is 6.42.